The summed E-state index contributed by atoms with van der Waals surface area (Å²) in [6.45, 7) is 6.42. The van der Waals surface area contributed by atoms with Crippen molar-refractivity contribution in [1.82, 2.24) is 4.90 Å². The van der Waals surface area contributed by atoms with Crippen molar-refractivity contribution in [2.24, 2.45) is 11.1 Å². The van der Waals surface area contributed by atoms with Gasteiger partial charge in [0.25, 0.3) is 0 Å². The molecule has 0 aromatic carbocycles. The lowest BCUT2D eigenvalue weighted by molar-refractivity contribution is -0.151. The molecule has 0 saturated carbocycles. The summed E-state index contributed by atoms with van der Waals surface area (Å²) in [7, 11) is 1.43. The summed E-state index contributed by atoms with van der Waals surface area (Å²) < 4.78 is 4.76. The monoisotopic (exact) mass is 236 g/mol. The SMILES string of the molecule is COC(=O)C(C)(C)CN1CCC(N)C1.Cl. The minimum absolute atomic E-state index is 0. The Bertz CT molecular complexity index is 221. The summed E-state index contributed by atoms with van der Waals surface area (Å²) >= 11 is 0. The molecule has 15 heavy (non-hydrogen) atoms. The smallest absolute Gasteiger partial charge is 0.312 e. The summed E-state index contributed by atoms with van der Waals surface area (Å²) in [6.07, 6.45) is 1.03. The minimum atomic E-state index is -0.432. The Balaban J connectivity index is 0.00000196. The third kappa shape index (κ3) is 3.97. The summed E-state index contributed by atoms with van der Waals surface area (Å²) in [5, 5.41) is 0. The van der Waals surface area contributed by atoms with Crippen LogP contribution in [0.4, 0.5) is 0 Å². The van der Waals surface area contributed by atoms with Crippen LogP contribution in [-0.4, -0.2) is 43.7 Å². The van der Waals surface area contributed by atoms with Gasteiger partial charge in [-0.3, -0.25) is 4.79 Å². The first-order valence-electron chi connectivity index (χ1n) is 5.02. The molecule has 1 saturated heterocycles. The van der Waals surface area contributed by atoms with Crippen molar-refractivity contribution < 1.29 is 9.53 Å². The van der Waals surface area contributed by atoms with E-state index in [0.717, 1.165) is 26.1 Å². The second kappa shape index (κ2) is 5.68. The third-order valence-corrected chi connectivity index (χ3v) is 2.67. The van der Waals surface area contributed by atoms with Crippen LogP contribution >= 0.6 is 12.4 Å². The van der Waals surface area contributed by atoms with Gasteiger partial charge in [-0.15, -0.1) is 12.4 Å². The van der Waals surface area contributed by atoms with E-state index in [4.69, 9.17) is 10.5 Å². The summed E-state index contributed by atoms with van der Waals surface area (Å²) in [5.41, 5.74) is 5.36. The predicted molar refractivity (Wildman–Crippen MR) is 62.1 cm³/mol. The third-order valence-electron chi connectivity index (χ3n) is 2.67. The molecule has 0 aliphatic carbocycles. The number of methoxy groups -OCH3 is 1. The highest BCUT2D eigenvalue weighted by molar-refractivity contribution is 5.85. The number of nitrogens with two attached hydrogens (primary N) is 1. The van der Waals surface area contributed by atoms with Crippen molar-refractivity contribution in [2.75, 3.05) is 26.7 Å². The standard InChI is InChI=1S/C10H20N2O2.ClH/c1-10(2,9(13)14-3)7-12-5-4-8(11)6-12;/h8H,4-7,11H2,1-3H3;1H. The number of esters is 1. The van der Waals surface area contributed by atoms with Crippen molar-refractivity contribution in [3.8, 4) is 0 Å². The first-order chi connectivity index (χ1) is 6.45. The number of carbonyl (C=O) groups is 1. The Morgan fingerprint density at radius 2 is 2.20 bits per heavy atom. The Kier molecular flexibility index (Phi) is 5.56. The maximum absolute atomic E-state index is 11.4. The lowest BCUT2D eigenvalue weighted by Crippen LogP contribution is -2.39. The van der Waals surface area contributed by atoms with Crippen molar-refractivity contribution in [2.45, 2.75) is 26.3 Å². The summed E-state index contributed by atoms with van der Waals surface area (Å²) in [4.78, 5) is 13.6. The molecule has 1 rings (SSSR count). The van der Waals surface area contributed by atoms with Crippen molar-refractivity contribution >= 4 is 18.4 Å². The molecule has 0 bridgehead atoms. The number of hydrogen-bond donors (Lipinski definition) is 1. The van der Waals surface area contributed by atoms with Gasteiger partial charge in [0.05, 0.1) is 12.5 Å². The van der Waals surface area contributed by atoms with Crippen LogP contribution in [0.5, 0.6) is 0 Å². The van der Waals surface area contributed by atoms with Gasteiger partial charge in [-0.25, -0.2) is 0 Å². The fourth-order valence-electron chi connectivity index (χ4n) is 1.91. The Hall–Kier alpha value is -0.320. The highest BCUT2D eigenvalue weighted by Gasteiger charge is 2.33. The molecule has 1 heterocycles. The van der Waals surface area contributed by atoms with Crippen LogP contribution in [0.2, 0.25) is 0 Å². The van der Waals surface area contributed by atoms with Gasteiger partial charge < -0.3 is 15.4 Å². The molecule has 1 aliphatic rings. The van der Waals surface area contributed by atoms with E-state index in [-0.39, 0.29) is 24.4 Å². The zero-order valence-electron chi connectivity index (χ0n) is 9.66. The maximum Gasteiger partial charge on any atom is 0.312 e. The van der Waals surface area contributed by atoms with Crippen molar-refractivity contribution in [3.63, 3.8) is 0 Å². The quantitative estimate of drug-likeness (QED) is 0.731. The number of ether oxygens (including phenoxy) is 1. The highest BCUT2D eigenvalue weighted by atomic mass is 35.5. The minimum Gasteiger partial charge on any atom is -0.469 e. The Morgan fingerprint density at radius 3 is 2.60 bits per heavy atom. The summed E-state index contributed by atoms with van der Waals surface area (Å²) in [5.74, 6) is -0.155. The molecule has 2 N–H and O–H groups in total. The van der Waals surface area contributed by atoms with E-state index in [1.54, 1.807) is 0 Å². The van der Waals surface area contributed by atoms with Gasteiger partial charge in [-0.05, 0) is 26.8 Å². The second-order valence-electron chi connectivity index (χ2n) is 4.66. The number of likely N-dealkylation sites (tertiary alicyclic amines) is 1. The van der Waals surface area contributed by atoms with Gasteiger partial charge in [-0.1, -0.05) is 0 Å². The molecule has 1 fully saturated rings. The molecule has 0 aromatic heterocycles. The first kappa shape index (κ1) is 14.7. The van der Waals surface area contributed by atoms with Crippen LogP contribution in [0.25, 0.3) is 0 Å². The molecule has 0 amide bonds. The van der Waals surface area contributed by atoms with Crippen LogP contribution in [0, 0.1) is 5.41 Å². The van der Waals surface area contributed by atoms with Gasteiger partial charge in [0.2, 0.25) is 0 Å². The topological polar surface area (TPSA) is 55.6 Å². The van der Waals surface area contributed by atoms with Crippen molar-refractivity contribution in [1.29, 1.82) is 0 Å². The van der Waals surface area contributed by atoms with E-state index in [2.05, 4.69) is 4.90 Å². The summed E-state index contributed by atoms with van der Waals surface area (Å²) in [6, 6.07) is 0.267. The molecule has 4 nitrogen and oxygen atoms in total. The van der Waals surface area contributed by atoms with Crippen molar-refractivity contribution in [3.05, 3.63) is 0 Å². The number of rotatable bonds is 3. The highest BCUT2D eigenvalue weighted by Crippen LogP contribution is 2.21. The van der Waals surface area contributed by atoms with Gasteiger partial charge >= 0.3 is 5.97 Å². The van der Waals surface area contributed by atoms with Gasteiger partial charge in [-0.2, -0.15) is 0 Å². The zero-order chi connectivity index (χ0) is 10.8. The number of carbonyl (C=O) groups excluding carboxylic acids is 1. The Labute approximate surface area is 97.5 Å². The van der Waals surface area contributed by atoms with E-state index >= 15 is 0 Å². The van der Waals surface area contributed by atoms with E-state index in [1.807, 2.05) is 13.8 Å². The molecule has 90 valence electrons. The van der Waals surface area contributed by atoms with Gasteiger partial charge in [0.15, 0.2) is 0 Å². The average molecular weight is 237 g/mol. The van der Waals surface area contributed by atoms with Gasteiger partial charge in [0, 0.05) is 19.1 Å². The molecule has 0 aromatic rings. The van der Waals surface area contributed by atoms with Crippen LogP contribution < -0.4 is 5.73 Å². The fraction of sp³-hybridized carbons (Fsp3) is 0.900. The normalized spacial score (nSPS) is 22.3. The molecular formula is C10H21ClN2O2. The first-order valence-corrected chi connectivity index (χ1v) is 5.02. The number of hydrogen-bond acceptors (Lipinski definition) is 4. The zero-order valence-corrected chi connectivity index (χ0v) is 10.5. The lowest BCUT2D eigenvalue weighted by atomic mass is 9.93. The fourth-order valence-corrected chi connectivity index (χ4v) is 1.91. The van der Waals surface area contributed by atoms with Crippen LogP contribution in [0.1, 0.15) is 20.3 Å². The van der Waals surface area contributed by atoms with Crippen LogP contribution in [0.3, 0.4) is 0 Å². The molecular weight excluding hydrogens is 216 g/mol. The van der Waals surface area contributed by atoms with Gasteiger partial charge in [0.1, 0.15) is 0 Å². The van der Waals surface area contributed by atoms with Crippen LogP contribution in [0.15, 0.2) is 0 Å². The van der Waals surface area contributed by atoms with E-state index in [9.17, 15) is 4.79 Å². The van der Waals surface area contributed by atoms with E-state index in [0.29, 0.717) is 0 Å². The number of nitrogens with zero attached hydrogens (tertiary/aromatic N) is 1. The second-order valence-corrected chi connectivity index (χ2v) is 4.66. The Morgan fingerprint density at radius 1 is 1.60 bits per heavy atom. The number of halogens is 1. The molecule has 5 heteroatoms. The van der Waals surface area contributed by atoms with Crippen LogP contribution in [-0.2, 0) is 9.53 Å². The predicted octanol–water partition coefficient (Wildman–Crippen LogP) is 0.640. The molecule has 1 atom stereocenters. The van der Waals surface area contributed by atoms with E-state index in [1.165, 1.54) is 7.11 Å². The lowest BCUT2D eigenvalue weighted by Gasteiger charge is -2.27. The maximum atomic E-state index is 11.4. The largest absolute Gasteiger partial charge is 0.469 e. The molecule has 1 unspecified atom stereocenters. The average Bonchev–Trinajstić information content (AvgIpc) is 2.48. The molecule has 0 spiro atoms. The molecule has 0 radical (unpaired) electrons. The molecule has 1 aliphatic heterocycles. The van der Waals surface area contributed by atoms with E-state index < -0.39 is 5.41 Å².